The highest BCUT2D eigenvalue weighted by molar-refractivity contribution is 7.90. The first kappa shape index (κ1) is 16.5. The summed E-state index contributed by atoms with van der Waals surface area (Å²) in [5.41, 5.74) is 1.07. The molecule has 0 atom stereocenters. The van der Waals surface area contributed by atoms with Crippen molar-refractivity contribution in [1.82, 2.24) is 10.2 Å². The van der Waals surface area contributed by atoms with Crippen LogP contribution in [0, 0.1) is 0 Å². The van der Waals surface area contributed by atoms with Crippen molar-refractivity contribution in [1.29, 1.82) is 0 Å². The van der Waals surface area contributed by atoms with E-state index < -0.39 is 10.0 Å². The Hall–Kier alpha value is -1.93. The zero-order chi connectivity index (χ0) is 17.4. The second kappa shape index (κ2) is 6.42. The molecule has 4 rings (SSSR count). The molecule has 0 bridgehead atoms. The molecule has 0 radical (unpaired) electrons. The molecule has 3 aliphatic heterocycles. The van der Waals surface area contributed by atoms with Gasteiger partial charge in [-0.2, -0.15) is 8.42 Å². The average Bonchev–Trinajstić information content (AvgIpc) is 2.86. The minimum Gasteiger partial charge on any atom is -0.336 e. The summed E-state index contributed by atoms with van der Waals surface area (Å²) in [5, 5.41) is 3.21. The van der Waals surface area contributed by atoms with E-state index in [1.165, 1.54) is 6.07 Å². The molecule has 3 aliphatic rings. The van der Waals surface area contributed by atoms with E-state index in [1.807, 2.05) is 4.90 Å². The number of carbonyl (C=O) groups is 1. The number of sulfonamides is 1. The molecule has 7 nitrogen and oxygen atoms in total. The number of piperazine rings is 1. The van der Waals surface area contributed by atoms with Gasteiger partial charge in [0.2, 0.25) is 0 Å². The highest BCUT2D eigenvalue weighted by Crippen LogP contribution is 2.35. The second-order valence-electron chi connectivity index (χ2n) is 6.67. The number of nitrogens with one attached hydrogen (secondary N) is 1. The summed E-state index contributed by atoms with van der Waals surface area (Å²) < 4.78 is 29.3. The Bertz CT molecular complexity index is 828. The van der Waals surface area contributed by atoms with Gasteiger partial charge in [0.05, 0.1) is 5.69 Å². The van der Waals surface area contributed by atoms with E-state index >= 15 is 0 Å². The fourth-order valence-corrected chi connectivity index (χ4v) is 4.95. The number of anilines is 1. The van der Waals surface area contributed by atoms with Crippen LogP contribution in [0.3, 0.4) is 0 Å². The molecule has 2 saturated heterocycles. The summed E-state index contributed by atoms with van der Waals surface area (Å²) in [7, 11) is -3.75. The Morgan fingerprint density at radius 1 is 1.08 bits per heavy atom. The number of hydrogen-bond acceptors (Lipinski definition) is 5. The van der Waals surface area contributed by atoms with Crippen LogP contribution in [-0.2, 0) is 10.0 Å². The molecule has 0 aliphatic carbocycles. The Balaban J connectivity index is 1.72. The maximum Gasteiger partial charge on any atom is 0.286 e. The maximum absolute atomic E-state index is 12.7. The largest absolute Gasteiger partial charge is 0.336 e. The molecule has 134 valence electrons. The van der Waals surface area contributed by atoms with Gasteiger partial charge in [-0.3, -0.25) is 4.79 Å². The molecule has 1 amide bonds. The van der Waals surface area contributed by atoms with E-state index in [1.54, 1.807) is 17.0 Å². The van der Waals surface area contributed by atoms with E-state index in [-0.39, 0.29) is 10.8 Å². The number of amides is 1. The number of carbonyl (C=O) groups excluding carboxylic acids is 1. The molecule has 2 fully saturated rings. The summed E-state index contributed by atoms with van der Waals surface area (Å²) in [6.07, 6.45) is 3.73. The van der Waals surface area contributed by atoms with Crippen molar-refractivity contribution in [3.8, 4) is 0 Å². The van der Waals surface area contributed by atoms with Crippen molar-refractivity contribution in [2.75, 3.05) is 37.6 Å². The zero-order valence-corrected chi connectivity index (χ0v) is 14.9. The maximum atomic E-state index is 12.7. The molecule has 0 aromatic heterocycles. The highest BCUT2D eigenvalue weighted by atomic mass is 32.2. The minimum atomic E-state index is -3.75. The molecule has 1 aromatic rings. The van der Waals surface area contributed by atoms with Gasteiger partial charge in [-0.1, -0.05) is 6.42 Å². The normalized spacial score (nSPS) is 22.5. The van der Waals surface area contributed by atoms with Crippen LogP contribution >= 0.6 is 0 Å². The van der Waals surface area contributed by atoms with Crippen LogP contribution in [0.4, 0.5) is 5.69 Å². The Morgan fingerprint density at radius 2 is 1.88 bits per heavy atom. The first-order valence-electron chi connectivity index (χ1n) is 8.82. The topological polar surface area (TPSA) is 82.1 Å². The van der Waals surface area contributed by atoms with Crippen LogP contribution in [0.15, 0.2) is 27.5 Å². The minimum absolute atomic E-state index is 0.120. The number of rotatable bonds is 1. The predicted molar refractivity (Wildman–Crippen MR) is 95.7 cm³/mol. The van der Waals surface area contributed by atoms with Gasteiger partial charge in [-0.05, 0) is 31.0 Å². The monoisotopic (exact) mass is 362 g/mol. The molecule has 0 saturated carbocycles. The summed E-state index contributed by atoms with van der Waals surface area (Å²) in [6, 6.07) is 5.01. The lowest BCUT2D eigenvalue weighted by Gasteiger charge is -2.31. The van der Waals surface area contributed by atoms with Gasteiger partial charge in [0, 0.05) is 44.7 Å². The molecule has 3 heterocycles. The standard InChI is InChI=1S/C17H22N4O3S/c22-17(20-10-7-18-8-11-20)13-5-6-14-15(12-13)25(23,24)19-16-4-2-1-3-9-21(14)16/h5-6,12,18H,1-4,7-11H2. The number of fused-ring (bicyclic) bond motifs is 3. The Labute approximate surface area is 147 Å². The summed E-state index contributed by atoms with van der Waals surface area (Å²) in [4.78, 5) is 16.6. The van der Waals surface area contributed by atoms with Crippen molar-refractivity contribution in [3.05, 3.63) is 23.8 Å². The van der Waals surface area contributed by atoms with Gasteiger partial charge < -0.3 is 15.1 Å². The van der Waals surface area contributed by atoms with Crippen LogP contribution in [-0.4, -0.2) is 57.8 Å². The smallest absolute Gasteiger partial charge is 0.286 e. The number of hydrogen-bond donors (Lipinski definition) is 1. The summed E-state index contributed by atoms with van der Waals surface area (Å²) in [5.74, 6) is 0.510. The molecular formula is C17H22N4O3S. The SMILES string of the molecule is O=C(c1ccc2c(c1)S(=O)(=O)N=C1CCCCCN12)N1CCNCC1. The third-order valence-electron chi connectivity index (χ3n) is 5.00. The predicted octanol–water partition coefficient (Wildman–Crippen LogP) is 1.21. The van der Waals surface area contributed by atoms with Crippen LogP contribution < -0.4 is 10.2 Å². The van der Waals surface area contributed by atoms with Crippen LogP contribution in [0.5, 0.6) is 0 Å². The number of nitrogens with zero attached hydrogens (tertiary/aromatic N) is 3. The molecule has 0 unspecified atom stereocenters. The van der Waals surface area contributed by atoms with E-state index in [0.717, 1.165) is 38.9 Å². The quantitative estimate of drug-likeness (QED) is 0.812. The first-order chi connectivity index (χ1) is 12.1. The third kappa shape index (κ3) is 3.04. The van der Waals surface area contributed by atoms with Gasteiger partial charge in [0.1, 0.15) is 10.7 Å². The molecule has 0 spiro atoms. The van der Waals surface area contributed by atoms with E-state index in [9.17, 15) is 13.2 Å². The van der Waals surface area contributed by atoms with Crippen molar-refractivity contribution in [2.24, 2.45) is 4.40 Å². The number of amidine groups is 1. The second-order valence-corrected chi connectivity index (χ2v) is 8.24. The lowest BCUT2D eigenvalue weighted by atomic mass is 10.1. The van der Waals surface area contributed by atoms with Crippen LogP contribution in [0.2, 0.25) is 0 Å². The highest BCUT2D eigenvalue weighted by Gasteiger charge is 2.32. The van der Waals surface area contributed by atoms with E-state index in [0.29, 0.717) is 36.6 Å². The Kier molecular flexibility index (Phi) is 4.24. The van der Waals surface area contributed by atoms with Crippen molar-refractivity contribution in [3.63, 3.8) is 0 Å². The first-order valence-corrected chi connectivity index (χ1v) is 10.3. The zero-order valence-electron chi connectivity index (χ0n) is 14.1. The lowest BCUT2D eigenvalue weighted by Crippen LogP contribution is -2.46. The van der Waals surface area contributed by atoms with Crippen molar-refractivity contribution < 1.29 is 13.2 Å². The summed E-state index contributed by atoms with van der Waals surface area (Å²) >= 11 is 0. The van der Waals surface area contributed by atoms with E-state index in [4.69, 9.17) is 0 Å². The van der Waals surface area contributed by atoms with Crippen molar-refractivity contribution in [2.45, 2.75) is 30.6 Å². The third-order valence-corrected chi connectivity index (χ3v) is 6.33. The Morgan fingerprint density at radius 3 is 2.68 bits per heavy atom. The molecule has 8 heteroatoms. The fraction of sp³-hybridized carbons (Fsp3) is 0.529. The van der Waals surface area contributed by atoms with Crippen LogP contribution in [0.1, 0.15) is 36.0 Å². The number of benzene rings is 1. The van der Waals surface area contributed by atoms with Gasteiger partial charge in [0.25, 0.3) is 15.9 Å². The van der Waals surface area contributed by atoms with Crippen LogP contribution in [0.25, 0.3) is 0 Å². The molecule has 1 aromatic carbocycles. The molecule has 25 heavy (non-hydrogen) atoms. The molecule has 1 N–H and O–H groups in total. The van der Waals surface area contributed by atoms with Gasteiger partial charge in [-0.25, -0.2) is 0 Å². The molecular weight excluding hydrogens is 340 g/mol. The van der Waals surface area contributed by atoms with Gasteiger partial charge >= 0.3 is 0 Å². The van der Waals surface area contributed by atoms with E-state index in [2.05, 4.69) is 9.71 Å². The lowest BCUT2D eigenvalue weighted by molar-refractivity contribution is 0.0735. The fourth-order valence-electron chi connectivity index (χ4n) is 3.66. The van der Waals surface area contributed by atoms with Gasteiger partial charge in [0.15, 0.2) is 0 Å². The average molecular weight is 362 g/mol. The van der Waals surface area contributed by atoms with Gasteiger partial charge in [-0.15, -0.1) is 4.40 Å². The summed E-state index contributed by atoms with van der Waals surface area (Å²) in [6.45, 7) is 3.56. The van der Waals surface area contributed by atoms with Crippen molar-refractivity contribution >= 4 is 27.5 Å².